The van der Waals surface area contributed by atoms with Crippen LogP contribution in [0, 0.1) is 0 Å². The molecule has 0 bridgehead atoms. The molecular weight excluding hydrogens is 240 g/mol. The average Bonchev–Trinajstić information content (AvgIpc) is 2.88. The zero-order valence-electron chi connectivity index (χ0n) is 9.25. The van der Waals surface area contributed by atoms with E-state index in [0.29, 0.717) is 11.5 Å². The van der Waals surface area contributed by atoms with Crippen LogP contribution in [0.2, 0.25) is 0 Å². The van der Waals surface area contributed by atoms with E-state index in [1.807, 2.05) is 17.8 Å². The molecule has 2 N–H and O–H groups in total. The molecule has 0 fully saturated rings. The number of anilines is 1. The molecule has 0 spiro atoms. The summed E-state index contributed by atoms with van der Waals surface area (Å²) in [6.45, 7) is 0.632. The standard InChI is InChI=1S/C10H12N4O2S/c1-14-5-4-11-7(14)2-3-12-9-8(10(15)16)13-6-17-9/h4-6,12H,2-3H2,1H3,(H,15,16). The van der Waals surface area contributed by atoms with Crippen LogP contribution < -0.4 is 5.32 Å². The predicted molar refractivity (Wildman–Crippen MR) is 64.5 cm³/mol. The number of rotatable bonds is 5. The molecule has 0 aliphatic heterocycles. The summed E-state index contributed by atoms with van der Waals surface area (Å²) >= 11 is 1.29. The third-order valence-electron chi connectivity index (χ3n) is 2.33. The number of thiazole rings is 1. The van der Waals surface area contributed by atoms with E-state index in [4.69, 9.17) is 5.11 Å². The second-order valence-electron chi connectivity index (χ2n) is 3.47. The van der Waals surface area contributed by atoms with E-state index in [2.05, 4.69) is 15.3 Å². The number of hydrogen-bond donors (Lipinski definition) is 2. The van der Waals surface area contributed by atoms with Crippen LogP contribution >= 0.6 is 11.3 Å². The van der Waals surface area contributed by atoms with Gasteiger partial charge in [0.1, 0.15) is 10.8 Å². The molecule has 0 atom stereocenters. The van der Waals surface area contributed by atoms with E-state index in [1.54, 1.807) is 6.20 Å². The number of aryl methyl sites for hydroxylation is 1. The molecule has 7 heteroatoms. The highest BCUT2D eigenvalue weighted by molar-refractivity contribution is 7.14. The highest BCUT2D eigenvalue weighted by atomic mass is 32.1. The largest absolute Gasteiger partial charge is 0.476 e. The number of aromatic nitrogens is 3. The highest BCUT2D eigenvalue weighted by Gasteiger charge is 2.12. The van der Waals surface area contributed by atoms with Crippen LogP contribution in [0.5, 0.6) is 0 Å². The lowest BCUT2D eigenvalue weighted by Gasteiger charge is -2.04. The molecule has 2 aromatic heterocycles. The fraction of sp³-hybridized carbons (Fsp3) is 0.300. The number of aromatic carboxylic acids is 1. The predicted octanol–water partition coefficient (Wildman–Crippen LogP) is 1.23. The number of carboxylic acids is 1. The van der Waals surface area contributed by atoms with Crippen molar-refractivity contribution in [3.05, 3.63) is 29.4 Å². The van der Waals surface area contributed by atoms with Gasteiger partial charge in [0.15, 0.2) is 5.69 Å². The zero-order valence-corrected chi connectivity index (χ0v) is 10.1. The van der Waals surface area contributed by atoms with Gasteiger partial charge in [-0.25, -0.2) is 14.8 Å². The molecule has 0 aromatic carbocycles. The second kappa shape index (κ2) is 4.96. The molecule has 0 aliphatic rings. The minimum Gasteiger partial charge on any atom is -0.476 e. The Morgan fingerprint density at radius 2 is 2.41 bits per heavy atom. The molecule has 0 aliphatic carbocycles. The monoisotopic (exact) mass is 252 g/mol. The van der Waals surface area contributed by atoms with Crippen molar-refractivity contribution in [1.29, 1.82) is 0 Å². The Morgan fingerprint density at radius 1 is 1.59 bits per heavy atom. The van der Waals surface area contributed by atoms with Gasteiger partial charge in [-0.3, -0.25) is 0 Å². The number of carboxylic acid groups (broad SMARTS) is 1. The van der Waals surface area contributed by atoms with Crippen LogP contribution in [0.15, 0.2) is 17.9 Å². The van der Waals surface area contributed by atoms with Gasteiger partial charge in [0.2, 0.25) is 0 Å². The van der Waals surface area contributed by atoms with Crippen molar-refractivity contribution in [2.45, 2.75) is 6.42 Å². The minimum absolute atomic E-state index is 0.0786. The van der Waals surface area contributed by atoms with Crippen molar-refractivity contribution >= 4 is 22.3 Å². The smallest absolute Gasteiger partial charge is 0.357 e. The summed E-state index contributed by atoms with van der Waals surface area (Å²) in [6, 6.07) is 0. The normalized spacial score (nSPS) is 10.4. The molecule has 2 aromatic rings. The van der Waals surface area contributed by atoms with Crippen molar-refractivity contribution in [3.8, 4) is 0 Å². The van der Waals surface area contributed by atoms with Gasteiger partial charge in [-0.2, -0.15) is 0 Å². The number of imidazole rings is 1. The first kappa shape index (κ1) is 11.6. The second-order valence-corrected chi connectivity index (χ2v) is 4.32. The van der Waals surface area contributed by atoms with Crippen molar-refractivity contribution in [3.63, 3.8) is 0 Å². The Kier molecular flexibility index (Phi) is 3.38. The fourth-order valence-corrected chi connectivity index (χ4v) is 2.15. The van der Waals surface area contributed by atoms with E-state index in [-0.39, 0.29) is 5.69 Å². The summed E-state index contributed by atoms with van der Waals surface area (Å²) < 4.78 is 1.94. The van der Waals surface area contributed by atoms with Crippen LogP contribution in [0.4, 0.5) is 5.00 Å². The molecule has 0 unspecified atom stereocenters. The number of carbonyl (C=O) groups is 1. The number of hydrogen-bond acceptors (Lipinski definition) is 5. The third kappa shape index (κ3) is 2.62. The van der Waals surface area contributed by atoms with Gasteiger partial charge >= 0.3 is 5.97 Å². The quantitative estimate of drug-likeness (QED) is 0.836. The van der Waals surface area contributed by atoms with Crippen molar-refractivity contribution in [2.24, 2.45) is 7.05 Å². The average molecular weight is 252 g/mol. The first-order valence-corrected chi connectivity index (χ1v) is 5.93. The maximum absolute atomic E-state index is 10.8. The Labute approximate surface area is 102 Å². The number of nitrogens with zero attached hydrogens (tertiary/aromatic N) is 3. The Morgan fingerprint density at radius 3 is 3.06 bits per heavy atom. The maximum Gasteiger partial charge on any atom is 0.357 e. The molecule has 17 heavy (non-hydrogen) atoms. The van der Waals surface area contributed by atoms with Gasteiger partial charge in [-0.15, -0.1) is 11.3 Å². The van der Waals surface area contributed by atoms with E-state index in [0.717, 1.165) is 12.2 Å². The summed E-state index contributed by atoms with van der Waals surface area (Å²) in [6.07, 6.45) is 4.36. The van der Waals surface area contributed by atoms with Crippen LogP contribution in [-0.4, -0.2) is 32.2 Å². The summed E-state index contributed by atoms with van der Waals surface area (Å²) in [5.41, 5.74) is 1.60. The van der Waals surface area contributed by atoms with Gasteiger partial charge in [0, 0.05) is 32.4 Å². The molecule has 0 saturated carbocycles. The van der Waals surface area contributed by atoms with Crippen molar-refractivity contribution in [2.75, 3.05) is 11.9 Å². The lowest BCUT2D eigenvalue weighted by atomic mass is 10.4. The van der Waals surface area contributed by atoms with E-state index >= 15 is 0 Å². The van der Waals surface area contributed by atoms with Crippen LogP contribution in [0.25, 0.3) is 0 Å². The van der Waals surface area contributed by atoms with Crippen molar-refractivity contribution < 1.29 is 9.90 Å². The molecule has 0 amide bonds. The highest BCUT2D eigenvalue weighted by Crippen LogP contribution is 2.19. The minimum atomic E-state index is -1.01. The fourth-order valence-electron chi connectivity index (χ4n) is 1.45. The third-order valence-corrected chi connectivity index (χ3v) is 3.11. The van der Waals surface area contributed by atoms with Gasteiger partial charge < -0.3 is 15.0 Å². The first-order valence-electron chi connectivity index (χ1n) is 5.05. The molecule has 2 rings (SSSR count). The molecule has 0 radical (unpaired) electrons. The Bertz CT molecular complexity index is 520. The zero-order chi connectivity index (χ0) is 12.3. The molecule has 0 saturated heterocycles. The lowest BCUT2D eigenvalue weighted by Crippen LogP contribution is -2.10. The SMILES string of the molecule is Cn1ccnc1CCNc1scnc1C(=O)O. The maximum atomic E-state index is 10.8. The van der Waals surface area contributed by atoms with E-state index < -0.39 is 5.97 Å². The van der Waals surface area contributed by atoms with Gasteiger partial charge in [-0.05, 0) is 0 Å². The molecule has 6 nitrogen and oxygen atoms in total. The van der Waals surface area contributed by atoms with Crippen LogP contribution in [0.3, 0.4) is 0 Å². The lowest BCUT2D eigenvalue weighted by molar-refractivity contribution is 0.0692. The molecule has 90 valence electrons. The summed E-state index contributed by atoms with van der Waals surface area (Å²) in [4.78, 5) is 18.8. The molecule has 2 heterocycles. The topological polar surface area (TPSA) is 80.0 Å². The van der Waals surface area contributed by atoms with Crippen LogP contribution in [-0.2, 0) is 13.5 Å². The van der Waals surface area contributed by atoms with Gasteiger partial charge in [0.05, 0.1) is 5.51 Å². The van der Waals surface area contributed by atoms with Crippen molar-refractivity contribution in [1.82, 2.24) is 14.5 Å². The van der Waals surface area contributed by atoms with E-state index in [9.17, 15) is 4.79 Å². The first-order chi connectivity index (χ1) is 8.18. The van der Waals surface area contributed by atoms with E-state index in [1.165, 1.54) is 16.8 Å². The summed E-state index contributed by atoms with van der Waals surface area (Å²) in [7, 11) is 1.93. The molecular formula is C10H12N4O2S. The Hall–Kier alpha value is -1.89. The van der Waals surface area contributed by atoms with Gasteiger partial charge in [-0.1, -0.05) is 0 Å². The summed E-state index contributed by atoms with van der Waals surface area (Å²) in [5, 5.41) is 12.5. The van der Waals surface area contributed by atoms with Gasteiger partial charge in [0.25, 0.3) is 0 Å². The van der Waals surface area contributed by atoms with Crippen LogP contribution in [0.1, 0.15) is 16.3 Å². The number of nitrogens with one attached hydrogen (secondary N) is 1. The summed E-state index contributed by atoms with van der Waals surface area (Å²) in [5.74, 6) is -0.0513. The Balaban J connectivity index is 1.92.